The van der Waals surface area contributed by atoms with Crippen LogP contribution in [0.15, 0.2) is 23.0 Å². The molecule has 1 saturated heterocycles. The first-order chi connectivity index (χ1) is 10.1. The van der Waals surface area contributed by atoms with Gasteiger partial charge in [-0.3, -0.25) is 9.78 Å². The Bertz CT molecular complexity index is 716. The van der Waals surface area contributed by atoms with Gasteiger partial charge < -0.3 is 10.6 Å². The number of fused-ring (bicyclic) bond motifs is 1. The second-order valence-electron chi connectivity index (χ2n) is 5.33. The number of rotatable bonds is 3. The average molecular weight is 331 g/mol. The number of piperidine rings is 1. The standard InChI is InChI=1S/C14H16F2N4O.ClH/c15-9-1-2-11-10(7-9)12(21)20-13(19-11)18-8-14(16)3-5-17-6-4-14;/h1-2,7,17H,3-6,8H2,(H2,18,19,20,21);1H. The van der Waals surface area contributed by atoms with Crippen LogP contribution in [0.3, 0.4) is 0 Å². The summed E-state index contributed by atoms with van der Waals surface area (Å²) in [6, 6.07) is 3.80. The molecule has 1 aromatic carbocycles. The van der Waals surface area contributed by atoms with Gasteiger partial charge in [-0.15, -0.1) is 12.4 Å². The van der Waals surface area contributed by atoms with Gasteiger partial charge in [-0.05, 0) is 44.1 Å². The molecule has 1 aliphatic rings. The molecule has 1 aliphatic heterocycles. The van der Waals surface area contributed by atoms with E-state index in [2.05, 4.69) is 20.6 Å². The van der Waals surface area contributed by atoms with Crippen LogP contribution < -0.4 is 16.2 Å². The summed E-state index contributed by atoms with van der Waals surface area (Å²) in [7, 11) is 0. The lowest BCUT2D eigenvalue weighted by atomic mass is 9.94. The third-order valence-electron chi connectivity index (χ3n) is 3.74. The smallest absolute Gasteiger partial charge is 0.260 e. The molecule has 0 atom stereocenters. The number of hydrogen-bond acceptors (Lipinski definition) is 4. The molecule has 0 radical (unpaired) electrons. The van der Waals surface area contributed by atoms with Crippen molar-refractivity contribution in [3.8, 4) is 0 Å². The zero-order valence-corrected chi connectivity index (χ0v) is 12.6. The van der Waals surface area contributed by atoms with Crippen molar-refractivity contribution in [2.24, 2.45) is 0 Å². The van der Waals surface area contributed by atoms with Gasteiger partial charge in [0.1, 0.15) is 11.5 Å². The number of aromatic amines is 1. The highest BCUT2D eigenvalue weighted by Gasteiger charge is 2.31. The van der Waals surface area contributed by atoms with Crippen molar-refractivity contribution >= 4 is 29.3 Å². The zero-order chi connectivity index (χ0) is 14.9. The first kappa shape index (κ1) is 16.6. The summed E-state index contributed by atoms with van der Waals surface area (Å²) in [5, 5.41) is 6.12. The molecule has 1 fully saturated rings. The molecule has 22 heavy (non-hydrogen) atoms. The summed E-state index contributed by atoms with van der Waals surface area (Å²) < 4.78 is 27.6. The Labute approximate surface area is 131 Å². The van der Waals surface area contributed by atoms with Crippen LogP contribution in [0.4, 0.5) is 14.7 Å². The van der Waals surface area contributed by atoms with Crippen LogP contribution in [-0.2, 0) is 0 Å². The van der Waals surface area contributed by atoms with Crippen molar-refractivity contribution in [3.05, 3.63) is 34.4 Å². The lowest BCUT2D eigenvalue weighted by molar-refractivity contribution is 0.131. The second-order valence-corrected chi connectivity index (χ2v) is 5.33. The first-order valence-electron chi connectivity index (χ1n) is 6.89. The maximum Gasteiger partial charge on any atom is 0.260 e. The number of nitrogens with one attached hydrogen (secondary N) is 3. The molecule has 3 N–H and O–H groups in total. The van der Waals surface area contributed by atoms with E-state index >= 15 is 0 Å². The quantitative estimate of drug-likeness (QED) is 0.805. The minimum absolute atomic E-state index is 0. The van der Waals surface area contributed by atoms with E-state index in [4.69, 9.17) is 0 Å². The van der Waals surface area contributed by atoms with E-state index in [1.165, 1.54) is 12.1 Å². The van der Waals surface area contributed by atoms with Crippen LogP contribution in [0.25, 0.3) is 10.9 Å². The van der Waals surface area contributed by atoms with Crippen molar-refractivity contribution in [1.29, 1.82) is 0 Å². The minimum Gasteiger partial charge on any atom is -0.353 e. The predicted molar refractivity (Wildman–Crippen MR) is 84.0 cm³/mol. The maximum absolute atomic E-state index is 14.5. The predicted octanol–water partition coefficient (Wildman–Crippen LogP) is 1.99. The molecule has 2 aromatic rings. The Hall–Kier alpha value is -1.73. The number of aromatic nitrogens is 2. The summed E-state index contributed by atoms with van der Waals surface area (Å²) in [5.41, 5.74) is -1.37. The van der Waals surface area contributed by atoms with Gasteiger partial charge in [0.15, 0.2) is 0 Å². The highest BCUT2D eigenvalue weighted by atomic mass is 35.5. The van der Waals surface area contributed by atoms with Crippen molar-refractivity contribution in [2.75, 3.05) is 25.0 Å². The summed E-state index contributed by atoms with van der Waals surface area (Å²) in [5.74, 6) is -0.289. The van der Waals surface area contributed by atoms with Crippen molar-refractivity contribution in [2.45, 2.75) is 18.5 Å². The number of anilines is 1. The minimum atomic E-state index is -1.30. The van der Waals surface area contributed by atoms with Gasteiger partial charge in [-0.25, -0.2) is 13.8 Å². The van der Waals surface area contributed by atoms with E-state index in [0.717, 1.165) is 6.07 Å². The molecule has 5 nitrogen and oxygen atoms in total. The van der Waals surface area contributed by atoms with Crippen molar-refractivity contribution in [1.82, 2.24) is 15.3 Å². The van der Waals surface area contributed by atoms with E-state index in [-0.39, 0.29) is 30.3 Å². The van der Waals surface area contributed by atoms with Gasteiger partial charge in [-0.2, -0.15) is 0 Å². The lowest BCUT2D eigenvalue weighted by Gasteiger charge is -2.30. The molecule has 0 amide bonds. The Balaban J connectivity index is 0.00000176. The monoisotopic (exact) mass is 330 g/mol. The van der Waals surface area contributed by atoms with Crippen LogP contribution in [0, 0.1) is 5.82 Å². The summed E-state index contributed by atoms with van der Waals surface area (Å²) in [6.45, 7) is 1.36. The molecule has 120 valence electrons. The van der Waals surface area contributed by atoms with Gasteiger partial charge in [0.05, 0.1) is 17.4 Å². The number of hydrogen-bond donors (Lipinski definition) is 3. The summed E-state index contributed by atoms with van der Waals surface area (Å²) >= 11 is 0. The van der Waals surface area contributed by atoms with Gasteiger partial charge in [0.2, 0.25) is 5.95 Å². The topological polar surface area (TPSA) is 69.8 Å². The summed E-state index contributed by atoms with van der Waals surface area (Å²) in [6.07, 6.45) is 0.839. The van der Waals surface area contributed by atoms with Crippen LogP contribution in [0.1, 0.15) is 12.8 Å². The number of alkyl halides is 1. The van der Waals surface area contributed by atoms with Crippen molar-refractivity contribution < 1.29 is 8.78 Å². The summed E-state index contributed by atoms with van der Waals surface area (Å²) in [4.78, 5) is 18.6. The van der Waals surface area contributed by atoms with Crippen LogP contribution in [0.2, 0.25) is 0 Å². The highest BCUT2D eigenvalue weighted by molar-refractivity contribution is 5.85. The van der Waals surface area contributed by atoms with Gasteiger partial charge in [-0.1, -0.05) is 0 Å². The van der Waals surface area contributed by atoms with E-state index in [9.17, 15) is 13.6 Å². The largest absolute Gasteiger partial charge is 0.353 e. The van der Waals surface area contributed by atoms with Gasteiger partial charge in [0.25, 0.3) is 5.56 Å². The molecular weight excluding hydrogens is 314 g/mol. The molecule has 0 spiro atoms. The maximum atomic E-state index is 14.5. The Kier molecular flexibility index (Phi) is 4.97. The van der Waals surface area contributed by atoms with E-state index < -0.39 is 17.0 Å². The lowest BCUT2D eigenvalue weighted by Crippen LogP contribution is -2.43. The molecule has 0 unspecified atom stereocenters. The fourth-order valence-electron chi connectivity index (χ4n) is 2.49. The molecular formula is C14H17ClF2N4O. The van der Waals surface area contributed by atoms with E-state index in [1.807, 2.05) is 0 Å². The van der Waals surface area contributed by atoms with Crippen LogP contribution >= 0.6 is 12.4 Å². The molecule has 8 heteroatoms. The Morgan fingerprint density at radius 3 is 2.77 bits per heavy atom. The van der Waals surface area contributed by atoms with Crippen LogP contribution in [0.5, 0.6) is 0 Å². The Morgan fingerprint density at radius 1 is 1.32 bits per heavy atom. The third kappa shape index (κ3) is 3.53. The SMILES string of the molecule is Cl.O=c1[nH]c(NCC2(F)CCNCC2)nc2ccc(F)cc12. The first-order valence-corrected chi connectivity index (χ1v) is 6.89. The number of nitrogens with zero attached hydrogens (tertiary/aromatic N) is 1. The molecule has 0 saturated carbocycles. The fourth-order valence-corrected chi connectivity index (χ4v) is 2.49. The third-order valence-corrected chi connectivity index (χ3v) is 3.74. The van der Waals surface area contributed by atoms with Gasteiger partial charge >= 0.3 is 0 Å². The molecule has 2 heterocycles. The molecule has 3 rings (SSSR count). The molecule has 0 bridgehead atoms. The fraction of sp³-hybridized carbons (Fsp3) is 0.429. The highest BCUT2D eigenvalue weighted by Crippen LogP contribution is 2.23. The second kappa shape index (κ2) is 6.58. The molecule has 0 aliphatic carbocycles. The zero-order valence-electron chi connectivity index (χ0n) is 11.8. The van der Waals surface area contributed by atoms with E-state index in [1.54, 1.807) is 0 Å². The van der Waals surface area contributed by atoms with Gasteiger partial charge in [0, 0.05) is 0 Å². The Morgan fingerprint density at radius 2 is 2.05 bits per heavy atom. The van der Waals surface area contributed by atoms with Crippen LogP contribution in [-0.4, -0.2) is 35.3 Å². The number of halogens is 3. The molecule has 1 aromatic heterocycles. The van der Waals surface area contributed by atoms with E-state index in [0.29, 0.717) is 31.4 Å². The number of H-pyrrole nitrogens is 1. The normalized spacial score (nSPS) is 17.0. The average Bonchev–Trinajstić information content (AvgIpc) is 2.47. The van der Waals surface area contributed by atoms with Crippen molar-refractivity contribution in [3.63, 3.8) is 0 Å². The number of benzene rings is 1.